The molecule has 0 bridgehead atoms. The fourth-order valence-electron chi connectivity index (χ4n) is 2.46. The van der Waals surface area contributed by atoms with Crippen LogP contribution in [-0.2, 0) is 11.2 Å². The number of halogens is 1. The van der Waals surface area contributed by atoms with E-state index in [1.807, 2.05) is 0 Å². The number of benzene rings is 2. The highest BCUT2D eigenvalue weighted by molar-refractivity contribution is 7.14. The Morgan fingerprint density at radius 3 is 2.81 bits per heavy atom. The Morgan fingerprint density at radius 1 is 1.33 bits per heavy atom. The normalized spacial score (nSPS) is 10.4. The van der Waals surface area contributed by atoms with Crippen LogP contribution in [-0.4, -0.2) is 22.9 Å². The second-order valence-electron chi connectivity index (χ2n) is 5.50. The molecule has 0 aliphatic rings. The zero-order valence-corrected chi connectivity index (χ0v) is 15.0. The largest absolute Gasteiger partial charge is 0.494 e. The zero-order chi connectivity index (χ0) is 19.4. The number of amides is 1. The van der Waals surface area contributed by atoms with Crippen molar-refractivity contribution in [3.63, 3.8) is 0 Å². The molecule has 9 heteroatoms. The molecule has 0 aliphatic carbocycles. The Morgan fingerprint density at radius 2 is 2.11 bits per heavy atom. The third kappa shape index (κ3) is 4.26. The van der Waals surface area contributed by atoms with Gasteiger partial charge in [0, 0.05) is 22.6 Å². The number of nitro groups is 1. The van der Waals surface area contributed by atoms with Crippen molar-refractivity contribution < 1.29 is 18.8 Å². The van der Waals surface area contributed by atoms with E-state index in [0.29, 0.717) is 22.0 Å². The minimum atomic E-state index is -0.525. The lowest BCUT2D eigenvalue weighted by Gasteiger charge is -2.04. The Balaban J connectivity index is 1.72. The SMILES string of the molecule is COc1ccc(-c2csc(NC(=O)Cc3ccccc3[N+](=O)[O-])n2)cc1F. The number of para-hydroxylation sites is 1. The number of hydrogen-bond acceptors (Lipinski definition) is 6. The topological polar surface area (TPSA) is 94.4 Å². The number of aromatic nitrogens is 1. The van der Waals surface area contributed by atoms with Gasteiger partial charge in [-0.3, -0.25) is 14.9 Å². The van der Waals surface area contributed by atoms with Crippen LogP contribution in [0.5, 0.6) is 5.75 Å². The molecule has 2 aromatic carbocycles. The standard InChI is InChI=1S/C18H14FN3O4S/c1-26-16-7-6-11(8-13(16)19)14-10-27-18(20-14)21-17(23)9-12-4-2-3-5-15(12)22(24)25/h2-8,10H,9H2,1H3,(H,20,21,23). The van der Waals surface area contributed by atoms with Gasteiger partial charge in [-0.1, -0.05) is 18.2 Å². The lowest BCUT2D eigenvalue weighted by Crippen LogP contribution is -2.15. The zero-order valence-electron chi connectivity index (χ0n) is 14.1. The maximum absolute atomic E-state index is 13.8. The van der Waals surface area contributed by atoms with Gasteiger partial charge in [0.15, 0.2) is 16.7 Å². The van der Waals surface area contributed by atoms with E-state index in [9.17, 15) is 19.3 Å². The molecule has 1 amide bonds. The number of carbonyl (C=O) groups is 1. The predicted octanol–water partition coefficient (Wildman–Crippen LogP) is 4.05. The van der Waals surface area contributed by atoms with Crippen LogP contribution < -0.4 is 10.1 Å². The third-order valence-corrected chi connectivity index (χ3v) is 4.50. The van der Waals surface area contributed by atoms with Crippen molar-refractivity contribution in [2.24, 2.45) is 0 Å². The molecule has 0 aliphatic heterocycles. The van der Waals surface area contributed by atoms with Crippen molar-refractivity contribution in [3.8, 4) is 17.0 Å². The first kappa shape index (κ1) is 18.5. The summed E-state index contributed by atoms with van der Waals surface area (Å²) < 4.78 is 18.7. The van der Waals surface area contributed by atoms with Crippen LogP contribution in [0.1, 0.15) is 5.56 Å². The molecule has 0 spiro atoms. The lowest BCUT2D eigenvalue weighted by molar-refractivity contribution is -0.385. The Kier molecular flexibility index (Phi) is 5.41. The summed E-state index contributed by atoms with van der Waals surface area (Å²) in [5.41, 5.74) is 1.25. The molecule has 0 saturated heterocycles. The summed E-state index contributed by atoms with van der Waals surface area (Å²) in [4.78, 5) is 27.0. The first-order valence-electron chi connectivity index (χ1n) is 7.79. The highest BCUT2D eigenvalue weighted by Gasteiger charge is 2.16. The van der Waals surface area contributed by atoms with E-state index in [4.69, 9.17) is 4.74 Å². The second-order valence-corrected chi connectivity index (χ2v) is 6.36. The Labute approximate surface area is 157 Å². The fourth-order valence-corrected chi connectivity index (χ4v) is 3.20. The molecule has 1 N–H and O–H groups in total. The summed E-state index contributed by atoms with van der Waals surface area (Å²) in [6.07, 6.45) is -0.150. The number of ether oxygens (including phenoxy) is 1. The summed E-state index contributed by atoms with van der Waals surface area (Å²) in [5, 5.41) is 15.6. The van der Waals surface area contributed by atoms with E-state index in [2.05, 4.69) is 10.3 Å². The van der Waals surface area contributed by atoms with Crippen molar-refractivity contribution in [1.29, 1.82) is 0 Å². The molecule has 0 saturated carbocycles. The smallest absolute Gasteiger partial charge is 0.273 e. The first-order valence-corrected chi connectivity index (χ1v) is 8.67. The van der Waals surface area contributed by atoms with Crippen LogP contribution in [0.2, 0.25) is 0 Å². The van der Waals surface area contributed by atoms with E-state index < -0.39 is 16.6 Å². The molecule has 3 rings (SSSR count). The summed E-state index contributed by atoms with van der Waals surface area (Å²) in [5.74, 6) is -0.803. The minimum Gasteiger partial charge on any atom is -0.494 e. The second kappa shape index (κ2) is 7.92. The quantitative estimate of drug-likeness (QED) is 0.509. The number of nitrogens with one attached hydrogen (secondary N) is 1. The van der Waals surface area contributed by atoms with E-state index in [0.717, 1.165) is 0 Å². The number of nitrogens with zero attached hydrogens (tertiary/aromatic N) is 2. The monoisotopic (exact) mass is 387 g/mol. The lowest BCUT2D eigenvalue weighted by atomic mass is 10.1. The highest BCUT2D eigenvalue weighted by Crippen LogP contribution is 2.28. The van der Waals surface area contributed by atoms with Crippen molar-refractivity contribution in [3.05, 3.63) is 69.3 Å². The van der Waals surface area contributed by atoms with E-state index in [1.165, 1.54) is 42.7 Å². The van der Waals surface area contributed by atoms with Crippen molar-refractivity contribution in [2.45, 2.75) is 6.42 Å². The first-order chi connectivity index (χ1) is 13.0. The minimum absolute atomic E-state index is 0.110. The van der Waals surface area contributed by atoms with Gasteiger partial charge in [-0.05, 0) is 18.2 Å². The van der Waals surface area contributed by atoms with Crippen LogP contribution in [0.4, 0.5) is 15.2 Å². The molecular weight excluding hydrogens is 373 g/mol. The molecule has 1 aromatic heterocycles. The Bertz CT molecular complexity index is 1010. The van der Waals surface area contributed by atoms with Gasteiger partial charge >= 0.3 is 0 Å². The van der Waals surface area contributed by atoms with Gasteiger partial charge < -0.3 is 10.1 Å². The summed E-state index contributed by atoms with van der Waals surface area (Å²) in [7, 11) is 1.38. The molecule has 0 radical (unpaired) electrons. The van der Waals surface area contributed by atoms with Gasteiger partial charge in [-0.25, -0.2) is 9.37 Å². The van der Waals surface area contributed by atoms with E-state index in [-0.39, 0.29) is 17.9 Å². The molecule has 7 nitrogen and oxygen atoms in total. The van der Waals surface area contributed by atoms with Gasteiger partial charge in [0.1, 0.15) is 0 Å². The summed E-state index contributed by atoms with van der Waals surface area (Å²) >= 11 is 1.18. The third-order valence-electron chi connectivity index (χ3n) is 3.74. The van der Waals surface area contributed by atoms with Crippen molar-refractivity contribution >= 4 is 28.1 Å². The summed E-state index contributed by atoms with van der Waals surface area (Å²) in [6.45, 7) is 0. The van der Waals surface area contributed by atoms with Crippen molar-refractivity contribution in [1.82, 2.24) is 4.98 Å². The fraction of sp³-hybridized carbons (Fsp3) is 0.111. The van der Waals surface area contributed by atoms with Gasteiger partial charge in [-0.2, -0.15) is 0 Å². The van der Waals surface area contributed by atoms with Gasteiger partial charge in [0.2, 0.25) is 5.91 Å². The number of hydrogen-bond donors (Lipinski definition) is 1. The predicted molar refractivity (Wildman–Crippen MR) is 99.5 cm³/mol. The summed E-state index contributed by atoms with van der Waals surface area (Å²) in [6, 6.07) is 10.5. The van der Waals surface area contributed by atoms with Crippen LogP contribution >= 0.6 is 11.3 Å². The van der Waals surface area contributed by atoms with Crippen LogP contribution in [0.25, 0.3) is 11.3 Å². The van der Waals surface area contributed by atoms with Crippen LogP contribution in [0, 0.1) is 15.9 Å². The van der Waals surface area contributed by atoms with E-state index >= 15 is 0 Å². The van der Waals surface area contributed by atoms with Gasteiger partial charge in [-0.15, -0.1) is 11.3 Å². The number of rotatable bonds is 6. The van der Waals surface area contributed by atoms with Gasteiger partial charge in [0.25, 0.3) is 5.69 Å². The van der Waals surface area contributed by atoms with Gasteiger partial charge in [0.05, 0.1) is 24.1 Å². The molecule has 0 unspecified atom stereocenters. The number of thiazole rings is 1. The average Bonchev–Trinajstić information content (AvgIpc) is 3.10. The Hall–Kier alpha value is -3.33. The maximum atomic E-state index is 13.8. The van der Waals surface area contributed by atoms with Crippen LogP contribution in [0.3, 0.4) is 0 Å². The molecule has 27 heavy (non-hydrogen) atoms. The molecule has 0 fully saturated rings. The number of methoxy groups -OCH3 is 1. The molecular formula is C18H14FN3O4S. The number of anilines is 1. The average molecular weight is 387 g/mol. The highest BCUT2D eigenvalue weighted by atomic mass is 32.1. The maximum Gasteiger partial charge on any atom is 0.273 e. The molecule has 1 heterocycles. The number of nitro benzene ring substituents is 1. The molecule has 0 atom stereocenters. The van der Waals surface area contributed by atoms with Crippen molar-refractivity contribution in [2.75, 3.05) is 12.4 Å². The number of carbonyl (C=O) groups excluding carboxylic acids is 1. The molecule has 3 aromatic rings. The van der Waals surface area contributed by atoms with E-state index in [1.54, 1.807) is 23.6 Å². The van der Waals surface area contributed by atoms with Crippen LogP contribution in [0.15, 0.2) is 47.8 Å². The molecule has 138 valence electrons.